The van der Waals surface area contributed by atoms with Gasteiger partial charge < -0.3 is 15.2 Å². The van der Waals surface area contributed by atoms with Gasteiger partial charge in [-0.3, -0.25) is 5.10 Å². The van der Waals surface area contributed by atoms with Crippen LogP contribution in [0.3, 0.4) is 0 Å². The van der Waals surface area contributed by atoms with Crippen LogP contribution in [0.15, 0.2) is 48.7 Å². The second-order valence-electron chi connectivity index (χ2n) is 5.26. The van der Waals surface area contributed by atoms with Crippen molar-refractivity contribution in [1.82, 2.24) is 15.2 Å². The Kier molecular flexibility index (Phi) is 4.72. The lowest BCUT2D eigenvalue weighted by Gasteiger charge is -2.11. The third-order valence-corrected chi connectivity index (χ3v) is 3.49. The van der Waals surface area contributed by atoms with Crippen LogP contribution in [0, 0.1) is 5.82 Å². The fourth-order valence-corrected chi connectivity index (χ4v) is 2.25. The first kappa shape index (κ1) is 15.9. The average molecular weight is 328 g/mol. The largest absolute Gasteiger partial charge is 0.481 e. The molecule has 0 amide bonds. The van der Waals surface area contributed by atoms with E-state index < -0.39 is 6.23 Å². The normalized spacial score (nSPS) is 12.0. The Balaban J connectivity index is 1.64. The number of hydrogen-bond donors (Lipinski definition) is 3. The van der Waals surface area contributed by atoms with Gasteiger partial charge in [0.05, 0.1) is 19.0 Å². The molecule has 0 aliphatic carbocycles. The molecule has 0 saturated heterocycles. The molecule has 7 heteroatoms. The van der Waals surface area contributed by atoms with E-state index in [1.165, 1.54) is 19.2 Å². The summed E-state index contributed by atoms with van der Waals surface area (Å²) < 4.78 is 17.9. The van der Waals surface area contributed by atoms with Crippen LogP contribution in [0.4, 0.5) is 10.1 Å². The second-order valence-corrected chi connectivity index (χ2v) is 5.26. The molecule has 3 aromatic rings. The standard InChI is InChI=1S/C17H17FN4O2/c1-24-16-7-6-13(10-19-16)20-17(23)15-9-14(21-22-15)8-11-2-4-12(18)5-3-11/h2-7,9-10,17,20,23H,8H2,1H3,(H,21,22). The predicted molar refractivity (Wildman–Crippen MR) is 87.2 cm³/mol. The predicted octanol–water partition coefficient (Wildman–Crippen LogP) is 2.65. The third-order valence-electron chi connectivity index (χ3n) is 3.49. The van der Waals surface area contributed by atoms with E-state index in [-0.39, 0.29) is 5.82 Å². The van der Waals surface area contributed by atoms with E-state index >= 15 is 0 Å². The van der Waals surface area contributed by atoms with Crippen LogP contribution in [-0.2, 0) is 6.42 Å². The molecule has 3 N–H and O–H groups in total. The Hall–Kier alpha value is -2.93. The number of methoxy groups -OCH3 is 1. The molecule has 0 aliphatic heterocycles. The number of nitrogens with zero attached hydrogens (tertiary/aromatic N) is 2. The highest BCUT2D eigenvalue weighted by Crippen LogP contribution is 2.18. The van der Waals surface area contributed by atoms with Crippen molar-refractivity contribution in [3.63, 3.8) is 0 Å². The van der Waals surface area contributed by atoms with Crippen LogP contribution in [0.5, 0.6) is 5.88 Å². The van der Waals surface area contributed by atoms with Crippen molar-refractivity contribution in [1.29, 1.82) is 0 Å². The summed E-state index contributed by atoms with van der Waals surface area (Å²) in [6.07, 6.45) is 1.16. The van der Waals surface area contributed by atoms with E-state index in [0.717, 1.165) is 11.3 Å². The topological polar surface area (TPSA) is 83.1 Å². The van der Waals surface area contributed by atoms with Crippen LogP contribution in [-0.4, -0.2) is 27.4 Å². The molecule has 2 heterocycles. The molecular formula is C17H17FN4O2. The Bertz CT molecular complexity index is 787. The molecule has 3 rings (SSSR count). The number of anilines is 1. The molecule has 124 valence electrons. The minimum Gasteiger partial charge on any atom is -0.481 e. The smallest absolute Gasteiger partial charge is 0.213 e. The van der Waals surface area contributed by atoms with Gasteiger partial charge in [-0.05, 0) is 29.8 Å². The van der Waals surface area contributed by atoms with E-state index in [1.807, 2.05) is 0 Å². The zero-order valence-electron chi connectivity index (χ0n) is 13.0. The van der Waals surface area contributed by atoms with Crippen molar-refractivity contribution in [3.05, 3.63) is 71.4 Å². The highest BCUT2D eigenvalue weighted by Gasteiger charge is 2.12. The molecule has 0 aliphatic rings. The monoisotopic (exact) mass is 328 g/mol. The van der Waals surface area contributed by atoms with Gasteiger partial charge in [-0.2, -0.15) is 5.10 Å². The molecular weight excluding hydrogens is 311 g/mol. The zero-order chi connectivity index (χ0) is 16.9. The Morgan fingerprint density at radius 3 is 2.71 bits per heavy atom. The van der Waals surface area contributed by atoms with E-state index in [4.69, 9.17) is 4.74 Å². The van der Waals surface area contributed by atoms with Gasteiger partial charge in [-0.25, -0.2) is 9.37 Å². The number of H-pyrrole nitrogens is 1. The summed E-state index contributed by atoms with van der Waals surface area (Å²) in [6, 6.07) is 11.5. The first-order valence-electron chi connectivity index (χ1n) is 7.37. The van der Waals surface area contributed by atoms with Crippen LogP contribution in [0.2, 0.25) is 0 Å². The molecule has 1 unspecified atom stereocenters. The summed E-state index contributed by atoms with van der Waals surface area (Å²) in [5, 5.41) is 20.1. The van der Waals surface area contributed by atoms with E-state index in [2.05, 4.69) is 20.5 Å². The van der Waals surface area contributed by atoms with Crippen molar-refractivity contribution in [2.45, 2.75) is 12.6 Å². The van der Waals surface area contributed by atoms with E-state index in [1.54, 1.807) is 36.5 Å². The Labute approximate surface area is 138 Å². The lowest BCUT2D eigenvalue weighted by Crippen LogP contribution is -2.10. The Morgan fingerprint density at radius 1 is 1.25 bits per heavy atom. The van der Waals surface area contributed by atoms with Crippen LogP contribution >= 0.6 is 0 Å². The van der Waals surface area contributed by atoms with Gasteiger partial charge in [0, 0.05) is 18.2 Å². The highest BCUT2D eigenvalue weighted by molar-refractivity contribution is 5.43. The van der Waals surface area contributed by atoms with Crippen molar-refractivity contribution in [2.75, 3.05) is 12.4 Å². The molecule has 0 radical (unpaired) electrons. The molecule has 1 aromatic carbocycles. The fraction of sp³-hybridized carbons (Fsp3) is 0.176. The SMILES string of the molecule is COc1ccc(NC(O)c2cc(Cc3ccc(F)cc3)[nH]n2)cn1. The number of aromatic nitrogens is 3. The molecule has 1 atom stereocenters. The van der Waals surface area contributed by atoms with Crippen molar-refractivity contribution in [3.8, 4) is 5.88 Å². The number of aromatic amines is 1. The van der Waals surface area contributed by atoms with Gasteiger partial charge in [-0.15, -0.1) is 0 Å². The summed E-state index contributed by atoms with van der Waals surface area (Å²) in [6.45, 7) is 0. The summed E-state index contributed by atoms with van der Waals surface area (Å²) in [5.74, 6) is 0.230. The van der Waals surface area contributed by atoms with Crippen molar-refractivity contribution in [2.24, 2.45) is 0 Å². The number of halogens is 1. The number of aliphatic hydroxyl groups is 1. The molecule has 0 saturated carbocycles. The molecule has 24 heavy (non-hydrogen) atoms. The molecule has 0 bridgehead atoms. The number of ether oxygens (including phenoxy) is 1. The molecule has 0 spiro atoms. The summed E-state index contributed by atoms with van der Waals surface area (Å²) in [5.41, 5.74) is 2.88. The fourth-order valence-electron chi connectivity index (χ4n) is 2.25. The lowest BCUT2D eigenvalue weighted by atomic mass is 10.1. The summed E-state index contributed by atoms with van der Waals surface area (Å²) in [4.78, 5) is 4.06. The quantitative estimate of drug-likeness (QED) is 0.606. The minimum absolute atomic E-state index is 0.267. The zero-order valence-corrected chi connectivity index (χ0v) is 13.0. The summed E-state index contributed by atoms with van der Waals surface area (Å²) >= 11 is 0. The van der Waals surface area contributed by atoms with Gasteiger partial charge in [0.1, 0.15) is 11.5 Å². The van der Waals surface area contributed by atoms with E-state index in [0.29, 0.717) is 23.7 Å². The number of rotatable bonds is 6. The maximum absolute atomic E-state index is 12.9. The van der Waals surface area contributed by atoms with Crippen LogP contribution < -0.4 is 10.1 Å². The number of hydrogen-bond acceptors (Lipinski definition) is 5. The second kappa shape index (κ2) is 7.10. The van der Waals surface area contributed by atoms with Gasteiger partial charge in [0.25, 0.3) is 0 Å². The first-order valence-corrected chi connectivity index (χ1v) is 7.37. The van der Waals surface area contributed by atoms with Gasteiger partial charge in [0.15, 0.2) is 6.23 Å². The molecule has 6 nitrogen and oxygen atoms in total. The van der Waals surface area contributed by atoms with Crippen LogP contribution in [0.25, 0.3) is 0 Å². The molecule has 0 fully saturated rings. The van der Waals surface area contributed by atoms with Crippen LogP contribution in [0.1, 0.15) is 23.2 Å². The van der Waals surface area contributed by atoms with Gasteiger partial charge >= 0.3 is 0 Å². The van der Waals surface area contributed by atoms with Crippen molar-refractivity contribution >= 4 is 5.69 Å². The Morgan fingerprint density at radius 2 is 2.04 bits per heavy atom. The maximum atomic E-state index is 12.9. The minimum atomic E-state index is -0.974. The highest BCUT2D eigenvalue weighted by atomic mass is 19.1. The number of benzene rings is 1. The third kappa shape index (κ3) is 3.88. The summed E-state index contributed by atoms with van der Waals surface area (Å²) in [7, 11) is 1.54. The number of pyridine rings is 1. The number of aliphatic hydroxyl groups excluding tert-OH is 1. The molecule has 2 aromatic heterocycles. The van der Waals surface area contributed by atoms with Gasteiger partial charge in [-0.1, -0.05) is 12.1 Å². The first-order chi connectivity index (χ1) is 11.6. The van der Waals surface area contributed by atoms with E-state index in [9.17, 15) is 9.50 Å². The van der Waals surface area contributed by atoms with Gasteiger partial charge in [0.2, 0.25) is 5.88 Å². The van der Waals surface area contributed by atoms with Crippen molar-refractivity contribution < 1.29 is 14.2 Å². The average Bonchev–Trinajstić information content (AvgIpc) is 3.06. The number of nitrogens with one attached hydrogen (secondary N) is 2. The lowest BCUT2D eigenvalue weighted by molar-refractivity contribution is 0.203. The maximum Gasteiger partial charge on any atom is 0.213 e.